The average molecular weight is 278 g/mol. The molecule has 3 heteroatoms. The van der Waals surface area contributed by atoms with Gasteiger partial charge in [0.1, 0.15) is 5.75 Å². The van der Waals surface area contributed by atoms with Crippen molar-refractivity contribution in [3.8, 4) is 5.75 Å². The first-order chi connectivity index (χ1) is 9.74. The Balaban J connectivity index is 2.70. The molecule has 3 N–H and O–H groups in total. The number of nitrogens with one attached hydrogen (secondary N) is 1. The van der Waals surface area contributed by atoms with Crippen molar-refractivity contribution in [2.24, 2.45) is 11.8 Å². The lowest BCUT2D eigenvalue weighted by atomic mass is 9.89. The molecule has 0 aromatic heterocycles. The second kappa shape index (κ2) is 9.78. The fourth-order valence-electron chi connectivity index (χ4n) is 2.60. The van der Waals surface area contributed by atoms with Gasteiger partial charge in [-0.2, -0.15) is 0 Å². The van der Waals surface area contributed by atoms with Gasteiger partial charge in [0.25, 0.3) is 0 Å². The summed E-state index contributed by atoms with van der Waals surface area (Å²) in [5.74, 6) is 7.42. The Hall–Kier alpha value is -1.06. The molecule has 0 fully saturated rings. The molecule has 0 spiro atoms. The van der Waals surface area contributed by atoms with Gasteiger partial charge in [-0.25, -0.2) is 0 Å². The molecule has 2 unspecified atom stereocenters. The summed E-state index contributed by atoms with van der Waals surface area (Å²) in [6.45, 7) is 7.21. The van der Waals surface area contributed by atoms with Gasteiger partial charge in [0.2, 0.25) is 0 Å². The van der Waals surface area contributed by atoms with Crippen LogP contribution in [-0.2, 0) is 0 Å². The molecule has 2 atom stereocenters. The summed E-state index contributed by atoms with van der Waals surface area (Å²) < 4.78 is 5.57. The molecule has 114 valence electrons. The second-order valence-electron chi connectivity index (χ2n) is 5.38. The Bertz CT molecular complexity index is 368. The van der Waals surface area contributed by atoms with Crippen molar-refractivity contribution in [3.05, 3.63) is 29.8 Å². The molecule has 0 heterocycles. The lowest BCUT2D eigenvalue weighted by Gasteiger charge is -2.23. The smallest absolute Gasteiger partial charge is 0.119 e. The van der Waals surface area contributed by atoms with E-state index in [4.69, 9.17) is 10.6 Å². The minimum absolute atomic E-state index is 0.206. The highest BCUT2D eigenvalue weighted by Crippen LogP contribution is 2.28. The molecule has 0 aliphatic rings. The first kappa shape index (κ1) is 17.0. The largest absolute Gasteiger partial charge is 0.494 e. The standard InChI is InChI=1S/C17H30N2O/c1-4-7-9-14(5-2)12-17(19-18)15-10-8-11-16(13-15)20-6-3/h8,10-11,13-14,17,19H,4-7,9,12,18H2,1-3H3. The number of rotatable bonds is 10. The zero-order chi connectivity index (χ0) is 14.8. The van der Waals surface area contributed by atoms with Crippen LogP contribution in [0.15, 0.2) is 24.3 Å². The quantitative estimate of drug-likeness (QED) is 0.498. The summed E-state index contributed by atoms with van der Waals surface area (Å²) in [7, 11) is 0. The predicted octanol–water partition coefficient (Wildman–Crippen LogP) is 4.20. The van der Waals surface area contributed by atoms with E-state index in [1.54, 1.807) is 0 Å². The maximum absolute atomic E-state index is 5.77. The maximum atomic E-state index is 5.77. The number of hydrogen-bond acceptors (Lipinski definition) is 3. The van der Waals surface area contributed by atoms with E-state index in [2.05, 4.69) is 31.4 Å². The molecule has 3 nitrogen and oxygen atoms in total. The van der Waals surface area contributed by atoms with E-state index in [9.17, 15) is 0 Å². The van der Waals surface area contributed by atoms with E-state index in [1.165, 1.54) is 31.2 Å². The van der Waals surface area contributed by atoms with Gasteiger partial charge in [-0.1, -0.05) is 51.7 Å². The van der Waals surface area contributed by atoms with Gasteiger partial charge in [-0.15, -0.1) is 0 Å². The van der Waals surface area contributed by atoms with Gasteiger partial charge in [0.15, 0.2) is 0 Å². The van der Waals surface area contributed by atoms with Crippen LogP contribution >= 0.6 is 0 Å². The molecule has 0 aliphatic heterocycles. The highest BCUT2D eigenvalue weighted by molar-refractivity contribution is 5.30. The average Bonchev–Trinajstić information content (AvgIpc) is 2.48. The number of nitrogens with two attached hydrogens (primary N) is 1. The van der Waals surface area contributed by atoms with Gasteiger partial charge in [0.05, 0.1) is 6.61 Å². The van der Waals surface area contributed by atoms with Crippen molar-refractivity contribution in [1.29, 1.82) is 0 Å². The molecule has 0 aliphatic carbocycles. The van der Waals surface area contributed by atoms with Gasteiger partial charge in [-0.3, -0.25) is 11.3 Å². The molecule has 0 amide bonds. The van der Waals surface area contributed by atoms with Crippen LogP contribution in [0.2, 0.25) is 0 Å². The second-order valence-corrected chi connectivity index (χ2v) is 5.38. The third-order valence-corrected chi connectivity index (χ3v) is 3.88. The van der Waals surface area contributed by atoms with Gasteiger partial charge in [-0.05, 0) is 37.0 Å². The van der Waals surface area contributed by atoms with Crippen LogP contribution < -0.4 is 16.0 Å². The Morgan fingerprint density at radius 2 is 2.05 bits per heavy atom. The highest BCUT2D eigenvalue weighted by atomic mass is 16.5. The Morgan fingerprint density at radius 1 is 1.25 bits per heavy atom. The van der Waals surface area contributed by atoms with Crippen LogP contribution in [0.1, 0.15) is 64.5 Å². The summed E-state index contributed by atoms with van der Waals surface area (Å²) >= 11 is 0. The Morgan fingerprint density at radius 3 is 2.65 bits per heavy atom. The number of hydrogen-bond donors (Lipinski definition) is 2. The van der Waals surface area contributed by atoms with Crippen LogP contribution in [0.25, 0.3) is 0 Å². The summed E-state index contributed by atoms with van der Waals surface area (Å²) in [6.07, 6.45) is 6.15. The summed E-state index contributed by atoms with van der Waals surface area (Å²) in [4.78, 5) is 0. The summed E-state index contributed by atoms with van der Waals surface area (Å²) in [5, 5.41) is 0. The van der Waals surface area contributed by atoms with Gasteiger partial charge >= 0.3 is 0 Å². The lowest BCUT2D eigenvalue weighted by Crippen LogP contribution is -2.29. The van der Waals surface area contributed by atoms with Crippen LogP contribution in [0.4, 0.5) is 0 Å². The SMILES string of the molecule is CCCCC(CC)CC(NN)c1cccc(OCC)c1. The van der Waals surface area contributed by atoms with Crippen molar-refractivity contribution in [1.82, 2.24) is 5.43 Å². The van der Waals surface area contributed by atoms with Crippen LogP contribution in [0, 0.1) is 5.92 Å². The zero-order valence-electron chi connectivity index (χ0n) is 13.2. The molecule has 0 saturated heterocycles. The number of unbranched alkanes of at least 4 members (excludes halogenated alkanes) is 1. The fourth-order valence-corrected chi connectivity index (χ4v) is 2.60. The number of hydrazine groups is 1. The normalized spacial score (nSPS) is 14.0. The van der Waals surface area contributed by atoms with Crippen LogP contribution in [0.5, 0.6) is 5.75 Å². The lowest BCUT2D eigenvalue weighted by molar-refractivity contribution is 0.336. The highest BCUT2D eigenvalue weighted by Gasteiger charge is 2.16. The molecule has 0 saturated carbocycles. The molecule has 0 bridgehead atoms. The van der Waals surface area contributed by atoms with Crippen LogP contribution in [0.3, 0.4) is 0 Å². The van der Waals surface area contributed by atoms with Crippen molar-refractivity contribution < 1.29 is 4.74 Å². The molecular formula is C17H30N2O. The van der Waals surface area contributed by atoms with Crippen molar-refractivity contribution in [3.63, 3.8) is 0 Å². The third kappa shape index (κ3) is 5.51. The van der Waals surface area contributed by atoms with E-state index in [-0.39, 0.29) is 6.04 Å². The molecule has 1 aromatic carbocycles. The Kier molecular flexibility index (Phi) is 8.31. The molecule has 20 heavy (non-hydrogen) atoms. The minimum Gasteiger partial charge on any atom is -0.494 e. The van der Waals surface area contributed by atoms with Gasteiger partial charge in [0, 0.05) is 6.04 Å². The first-order valence-corrected chi connectivity index (χ1v) is 7.93. The van der Waals surface area contributed by atoms with Gasteiger partial charge < -0.3 is 4.74 Å². The molecular weight excluding hydrogens is 248 g/mol. The van der Waals surface area contributed by atoms with Crippen molar-refractivity contribution in [2.75, 3.05) is 6.61 Å². The topological polar surface area (TPSA) is 47.3 Å². The minimum atomic E-state index is 0.206. The third-order valence-electron chi connectivity index (χ3n) is 3.88. The summed E-state index contributed by atoms with van der Waals surface area (Å²) in [6, 6.07) is 8.46. The predicted molar refractivity (Wildman–Crippen MR) is 85.6 cm³/mol. The first-order valence-electron chi connectivity index (χ1n) is 7.93. The molecule has 0 radical (unpaired) electrons. The summed E-state index contributed by atoms with van der Waals surface area (Å²) in [5.41, 5.74) is 4.19. The van der Waals surface area contributed by atoms with E-state index in [1.807, 2.05) is 19.1 Å². The molecule has 1 rings (SSSR count). The van der Waals surface area contributed by atoms with E-state index in [0.717, 1.165) is 18.1 Å². The zero-order valence-corrected chi connectivity index (χ0v) is 13.2. The Labute approximate surface area is 123 Å². The fraction of sp³-hybridized carbons (Fsp3) is 0.647. The van der Waals surface area contributed by atoms with E-state index in [0.29, 0.717) is 6.61 Å². The maximum Gasteiger partial charge on any atom is 0.119 e. The van der Waals surface area contributed by atoms with E-state index >= 15 is 0 Å². The monoisotopic (exact) mass is 278 g/mol. The molecule has 1 aromatic rings. The van der Waals surface area contributed by atoms with Crippen LogP contribution in [-0.4, -0.2) is 6.61 Å². The van der Waals surface area contributed by atoms with Crippen molar-refractivity contribution >= 4 is 0 Å². The van der Waals surface area contributed by atoms with E-state index < -0.39 is 0 Å². The number of ether oxygens (including phenoxy) is 1. The number of benzene rings is 1. The van der Waals surface area contributed by atoms with Crippen molar-refractivity contribution in [2.45, 2.75) is 58.9 Å².